The van der Waals surface area contributed by atoms with E-state index in [-0.39, 0.29) is 12.0 Å². The lowest BCUT2D eigenvalue weighted by atomic mass is 10.0. The van der Waals surface area contributed by atoms with Crippen molar-refractivity contribution in [2.24, 2.45) is 0 Å². The Kier molecular flexibility index (Phi) is 5.28. The first kappa shape index (κ1) is 15.4. The number of rotatable bonds is 6. The van der Waals surface area contributed by atoms with Gasteiger partial charge in [0.05, 0.1) is 13.2 Å². The number of methoxy groups -OCH3 is 1. The summed E-state index contributed by atoms with van der Waals surface area (Å²) in [5.41, 5.74) is 1.27. The lowest BCUT2D eigenvalue weighted by Gasteiger charge is -2.11. The van der Waals surface area contributed by atoms with Crippen molar-refractivity contribution >= 4 is 0 Å². The molecule has 0 heterocycles. The second-order valence-corrected chi connectivity index (χ2v) is 4.98. The van der Waals surface area contributed by atoms with Crippen molar-refractivity contribution in [2.45, 2.75) is 25.4 Å². The number of aliphatic hydroxyl groups excluding tert-OH is 1. The highest BCUT2D eigenvalue weighted by molar-refractivity contribution is 5.27. The molecule has 0 spiro atoms. The number of hydrogen-bond acceptors (Lipinski definition) is 2. The molecule has 0 aromatic heterocycles. The van der Waals surface area contributed by atoms with Crippen molar-refractivity contribution in [3.8, 4) is 5.75 Å². The SMILES string of the molecule is COc1ccc(CCC(O)Cc2cc(F)ccc2F)cc1. The van der Waals surface area contributed by atoms with E-state index in [2.05, 4.69) is 0 Å². The van der Waals surface area contributed by atoms with Crippen LogP contribution in [0.25, 0.3) is 0 Å². The molecule has 0 fully saturated rings. The Morgan fingerprint density at radius 2 is 1.81 bits per heavy atom. The lowest BCUT2D eigenvalue weighted by molar-refractivity contribution is 0.164. The summed E-state index contributed by atoms with van der Waals surface area (Å²) in [5.74, 6) is -0.199. The molecule has 0 saturated heterocycles. The van der Waals surface area contributed by atoms with E-state index in [9.17, 15) is 13.9 Å². The topological polar surface area (TPSA) is 29.5 Å². The van der Waals surface area contributed by atoms with Gasteiger partial charge in [-0.2, -0.15) is 0 Å². The first-order valence-electron chi connectivity index (χ1n) is 6.83. The Balaban J connectivity index is 1.89. The summed E-state index contributed by atoms with van der Waals surface area (Å²) in [4.78, 5) is 0. The van der Waals surface area contributed by atoms with Crippen LogP contribution in [0, 0.1) is 11.6 Å². The molecule has 0 saturated carbocycles. The van der Waals surface area contributed by atoms with Crippen LogP contribution in [-0.2, 0) is 12.8 Å². The summed E-state index contributed by atoms with van der Waals surface area (Å²) >= 11 is 0. The molecule has 0 aliphatic carbocycles. The molecule has 2 aromatic carbocycles. The predicted octanol–water partition coefficient (Wildman–Crippen LogP) is 3.51. The Morgan fingerprint density at radius 3 is 2.48 bits per heavy atom. The summed E-state index contributed by atoms with van der Waals surface area (Å²) in [6, 6.07) is 10.8. The molecule has 0 amide bonds. The fraction of sp³-hybridized carbons (Fsp3) is 0.294. The Bertz CT molecular complexity index is 582. The van der Waals surface area contributed by atoms with E-state index < -0.39 is 17.7 Å². The van der Waals surface area contributed by atoms with Crippen molar-refractivity contribution < 1.29 is 18.6 Å². The average molecular weight is 292 g/mol. The van der Waals surface area contributed by atoms with Crippen molar-refractivity contribution in [1.82, 2.24) is 0 Å². The first-order chi connectivity index (χ1) is 10.1. The third kappa shape index (κ3) is 4.53. The second-order valence-electron chi connectivity index (χ2n) is 4.98. The van der Waals surface area contributed by atoms with Crippen LogP contribution in [0.15, 0.2) is 42.5 Å². The van der Waals surface area contributed by atoms with Gasteiger partial charge in [0.1, 0.15) is 17.4 Å². The van der Waals surface area contributed by atoms with Crippen LogP contribution >= 0.6 is 0 Å². The van der Waals surface area contributed by atoms with Crippen molar-refractivity contribution in [3.05, 3.63) is 65.2 Å². The number of benzene rings is 2. The molecular formula is C17H18F2O2. The van der Waals surface area contributed by atoms with Gasteiger partial charge in [0.2, 0.25) is 0 Å². The van der Waals surface area contributed by atoms with E-state index in [1.807, 2.05) is 24.3 Å². The van der Waals surface area contributed by atoms with Crippen molar-refractivity contribution in [2.75, 3.05) is 7.11 Å². The number of hydrogen-bond donors (Lipinski definition) is 1. The quantitative estimate of drug-likeness (QED) is 0.883. The number of ether oxygens (including phenoxy) is 1. The van der Waals surface area contributed by atoms with E-state index in [4.69, 9.17) is 4.74 Å². The van der Waals surface area contributed by atoms with Gasteiger partial charge in [0.25, 0.3) is 0 Å². The molecular weight excluding hydrogens is 274 g/mol. The molecule has 2 rings (SSSR count). The maximum Gasteiger partial charge on any atom is 0.126 e. The summed E-state index contributed by atoms with van der Waals surface area (Å²) in [6.45, 7) is 0. The van der Waals surface area contributed by atoms with Gasteiger partial charge in [-0.05, 0) is 54.3 Å². The molecule has 2 aromatic rings. The van der Waals surface area contributed by atoms with Gasteiger partial charge < -0.3 is 9.84 Å². The molecule has 1 atom stereocenters. The van der Waals surface area contributed by atoms with E-state index in [0.717, 1.165) is 29.5 Å². The molecule has 0 aliphatic rings. The van der Waals surface area contributed by atoms with E-state index in [1.165, 1.54) is 0 Å². The Hall–Kier alpha value is -1.94. The smallest absolute Gasteiger partial charge is 0.126 e. The molecule has 0 radical (unpaired) electrons. The zero-order chi connectivity index (χ0) is 15.2. The standard InChI is InChI=1S/C17H18F2O2/c1-21-16-7-3-12(4-8-16)2-6-15(20)11-13-10-14(18)5-9-17(13)19/h3-5,7-10,15,20H,2,6,11H2,1H3. The van der Waals surface area contributed by atoms with E-state index >= 15 is 0 Å². The maximum atomic E-state index is 13.5. The molecule has 4 heteroatoms. The van der Waals surface area contributed by atoms with E-state index in [1.54, 1.807) is 7.11 Å². The van der Waals surface area contributed by atoms with Crippen LogP contribution in [0.2, 0.25) is 0 Å². The predicted molar refractivity (Wildman–Crippen MR) is 77.4 cm³/mol. The minimum Gasteiger partial charge on any atom is -0.497 e. The van der Waals surface area contributed by atoms with Gasteiger partial charge in [0, 0.05) is 6.42 Å². The van der Waals surface area contributed by atoms with Gasteiger partial charge >= 0.3 is 0 Å². The largest absolute Gasteiger partial charge is 0.497 e. The van der Waals surface area contributed by atoms with Crippen LogP contribution in [0.5, 0.6) is 5.75 Å². The van der Waals surface area contributed by atoms with Crippen LogP contribution < -0.4 is 4.74 Å². The lowest BCUT2D eigenvalue weighted by Crippen LogP contribution is -2.13. The third-order valence-electron chi connectivity index (χ3n) is 3.39. The van der Waals surface area contributed by atoms with Crippen LogP contribution in [0.3, 0.4) is 0 Å². The number of aliphatic hydroxyl groups is 1. The normalized spacial score (nSPS) is 12.2. The summed E-state index contributed by atoms with van der Waals surface area (Å²) in [7, 11) is 1.60. The van der Waals surface area contributed by atoms with Gasteiger partial charge in [0.15, 0.2) is 0 Å². The molecule has 0 bridgehead atoms. The molecule has 0 aliphatic heterocycles. The first-order valence-corrected chi connectivity index (χ1v) is 6.83. The molecule has 112 valence electrons. The highest BCUT2D eigenvalue weighted by Crippen LogP contribution is 2.16. The van der Waals surface area contributed by atoms with Gasteiger partial charge in [-0.25, -0.2) is 8.78 Å². The minimum atomic E-state index is -0.705. The summed E-state index contributed by atoms with van der Waals surface area (Å²) in [6.07, 6.45) is 0.563. The summed E-state index contributed by atoms with van der Waals surface area (Å²) < 4.78 is 31.6. The van der Waals surface area contributed by atoms with Crippen LogP contribution in [0.4, 0.5) is 8.78 Å². The minimum absolute atomic E-state index is 0.111. The van der Waals surface area contributed by atoms with Gasteiger partial charge in [-0.3, -0.25) is 0 Å². The fourth-order valence-electron chi connectivity index (χ4n) is 2.18. The maximum absolute atomic E-state index is 13.5. The van der Waals surface area contributed by atoms with Gasteiger partial charge in [-0.15, -0.1) is 0 Å². The average Bonchev–Trinajstić information content (AvgIpc) is 2.49. The molecule has 1 unspecified atom stereocenters. The third-order valence-corrected chi connectivity index (χ3v) is 3.39. The summed E-state index contributed by atoms with van der Waals surface area (Å²) in [5, 5.41) is 9.97. The van der Waals surface area contributed by atoms with Gasteiger partial charge in [-0.1, -0.05) is 12.1 Å². The highest BCUT2D eigenvalue weighted by Gasteiger charge is 2.11. The number of aryl methyl sites for hydroxylation is 1. The monoisotopic (exact) mass is 292 g/mol. The van der Waals surface area contributed by atoms with Crippen LogP contribution in [0.1, 0.15) is 17.5 Å². The van der Waals surface area contributed by atoms with Crippen molar-refractivity contribution in [3.63, 3.8) is 0 Å². The second kappa shape index (κ2) is 7.18. The fourth-order valence-corrected chi connectivity index (χ4v) is 2.18. The zero-order valence-corrected chi connectivity index (χ0v) is 11.9. The Morgan fingerprint density at radius 1 is 1.10 bits per heavy atom. The Labute approximate surface area is 123 Å². The molecule has 21 heavy (non-hydrogen) atoms. The number of halogens is 2. The van der Waals surface area contributed by atoms with Crippen molar-refractivity contribution in [1.29, 1.82) is 0 Å². The van der Waals surface area contributed by atoms with Crippen LogP contribution in [-0.4, -0.2) is 18.3 Å². The zero-order valence-electron chi connectivity index (χ0n) is 11.9. The highest BCUT2D eigenvalue weighted by atomic mass is 19.1. The molecule has 1 N–H and O–H groups in total. The van der Waals surface area contributed by atoms with E-state index in [0.29, 0.717) is 12.8 Å². The molecule has 2 nitrogen and oxygen atoms in total.